The molecule has 1 atom stereocenters. The Kier molecular flexibility index (Phi) is 5.72. The lowest BCUT2D eigenvalue weighted by Crippen LogP contribution is -2.23. The van der Waals surface area contributed by atoms with Gasteiger partial charge >= 0.3 is 0 Å². The molecule has 1 N–H and O–H groups in total. The number of aryl methyl sites for hydroxylation is 1. The second-order valence-electron chi connectivity index (χ2n) is 3.92. The van der Waals surface area contributed by atoms with E-state index in [0.29, 0.717) is 11.3 Å². The molecule has 0 bridgehead atoms. The van der Waals surface area contributed by atoms with Crippen LogP contribution >= 0.6 is 23.1 Å². The van der Waals surface area contributed by atoms with Crippen LogP contribution in [0.3, 0.4) is 0 Å². The van der Waals surface area contributed by atoms with Gasteiger partial charge < -0.3 is 5.32 Å². The van der Waals surface area contributed by atoms with Crippen molar-refractivity contribution in [2.24, 2.45) is 0 Å². The summed E-state index contributed by atoms with van der Waals surface area (Å²) < 4.78 is 0. The summed E-state index contributed by atoms with van der Waals surface area (Å²) >= 11 is 3.87. The second kappa shape index (κ2) is 6.56. The lowest BCUT2D eigenvalue weighted by Gasteiger charge is -2.18. The van der Waals surface area contributed by atoms with E-state index >= 15 is 0 Å². The molecule has 0 spiro atoms. The van der Waals surface area contributed by atoms with E-state index in [-0.39, 0.29) is 0 Å². The molecule has 0 saturated heterocycles. The average molecular weight is 243 g/mol. The van der Waals surface area contributed by atoms with E-state index in [0.717, 1.165) is 6.54 Å². The van der Waals surface area contributed by atoms with Gasteiger partial charge in [0.15, 0.2) is 0 Å². The molecule has 86 valence electrons. The largest absolute Gasteiger partial charge is 0.309 e. The molecule has 0 aromatic carbocycles. The summed E-state index contributed by atoms with van der Waals surface area (Å²) in [5.41, 5.74) is 1.48. The molecular weight excluding hydrogens is 222 g/mol. The molecule has 0 aliphatic rings. The van der Waals surface area contributed by atoms with Gasteiger partial charge in [-0.1, -0.05) is 20.8 Å². The highest BCUT2D eigenvalue weighted by molar-refractivity contribution is 7.99. The quantitative estimate of drug-likeness (QED) is 0.814. The first-order valence-electron chi connectivity index (χ1n) is 5.54. The predicted molar refractivity (Wildman–Crippen MR) is 73.1 cm³/mol. The molecule has 3 heteroatoms. The molecule has 0 saturated carbocycles. The molecule has 0 amide bonds. The van der Waals surface area contributed by atoms with Gasteiger partial charge in [0.1, 0.15) is 0 Å². The fourth-order valence-corrected chi connectivity index (χ4v) is 3.19. The van der Waals surface area contributed by atoms with Crippen LogP contribution in [0.15, 0.2) is 11.4 Å². The second-order valence-corrected chi connectivity index (χ2v) is 6.65. The molecule has 0 fully saturated rings. The lowest BCUT2D eigenvalue weighted by atomic mass is 10.1. The molecule has 1 heterocycles. The number of nitrogens with one attached hydrogen (secondary N) is 1. The Morgan fingerprint density at radius 2 is 2.20 bits per heavy atom. The van der Waals surface area contributed by atoms with E-state index in [9.17, 15) is 0 Å². The molecule has 1 nitrogen and oxygen atoms in total. The van der Waals surface area contributed by atoms with Crippen molar-refractivity contribution in [3.8, 4) is 0 Å². The summed E-state index contributed by atoms with van der Waals surface area (Å²) in [6.07, 6.45) is 0. The van der Waals surface area contributed by atoms with Crippen LogP contribution in [0.5, 0.6) is 0 Å². The van der Waals surface area contributed by atoms with Gasteiger partial charge in [0.25, 0.3) is 0 Å². The van der Waals surface area contributed by atoms with E-state index in [2.05, 4.69) is 44.5 Å². The number of rotatable bonds is 6. The first-order chi connectivity index (χ1) is 7.15. The molecule has 1 unspecified atom stereocenters. The fourth-order valence-electron chi connectivity index (χ4n) is 1.55. The van der Waals surface area contributed by atoms with Crippen LogP contribution in [-0.2, 0) is 0 Å². The minimum Gasteiger partial charge on any atom is -0.309 e. The highest BCUT2D eigenvalue weighted by atomic mass is 32.2. The van der Waals surface area contributed by atoms with Gasteiger partial charge in [0, 0.05) is 16.7 Å². The van der Waals surface area contributed by atoms with Gasteiger partial charge in [-0.05, 0) is 35.7 Å². The minimum absolute atomic E-state index is 0.522. The standard InChI is InChI=1S/C12H21NS2/c1-5-13-12(8-15-9(2)3)11-6-7-14-10(11)4/h6-7,9,12-13H,5,8H2,1-4H3. The van der Waals surface area contributed by atoms with E-state index in [1.165, 1.54) is 16.2 Å². The molecule has 1 aromatic rings. The zero-order valence-electron chi connectivity index (χ0n) is 10.0. The van der Waals surface area contributed by atoms with Crippen LogP contribution in [0.1, 0.15) is 37.3 Å². The molecular formula is C12H21NS2. The normalized spacial score (nSPS) is 13.4. The van der Waals surface area contributed by atoms with Crippen molar-refractivity contribution in [3.63, 3.8) is 0 Å². The summed E-state index contributed by atoms with van der Waals surface area (Å²) in [4.78, 5) is 1.45. The van der Waals surface area contributed by atoms with Crippen molar-refractivity contribution >= 4 is 23.1 Å². The Morgan fingerprint density at radius 1 is 1.47 bits per heavy atom. The third kappa shape index (κ3) is 4.17. The maximum Gasteiger partial charge on any atom is 0.0422 e. The van der Waals surface area contributed by atoms with E-state index in [4.69, 9.17) is 0 Å². The third-order valence-electron chi connectivity index (χ3n) is 2.32. The molecule has 0 radical (unpaired) electrons. The summed E-state index contributed by atoms with van der Waals surface area (Å²) in [5, 5.41) is 6.47. The predicted octanol–water partition coefficient (Wildman–Crippen LogP) is 3.85. The van der Waals surface area contributed by atoms with Crippen LogP contribution in [-0.4, -0.2) is 17.5 Å². The highest BCUT2D eigenvalue weighted by Crippen LogP contribution is 2.26. The van der Waals surface area contributed by atoms with Gasteiger partial charge in [0.05, 0.1) is 0 Å². The maximum atomic E-state index is 3.57. The number of hydrogen-bond donors (Lipinski definition) is 1. The first kappa shape index (κ1) is 13.1. The summed E-state index contributed by atoms with van der Waals surface area (Å²) in [7, 11) is 0. The highest BCUT2D eigenvalue weighted by Gasteiger charge is 2.14. The number of thiophene rings is 1. The lowest BCUT2D eigenvalue weighted by molar-refractivity contribution is 0.605. The topological polar surface area (TPSA) is 12.0 Å². The number of hydrogen-bond acceptors (Lipinski definition) is 3. The van der Waals surface area contributed by atoms with Gasteiger partial charge in [-0.2, -0.15) is 11.8 Å². The zero-order chi connectivity index (χ0) is 11.3. The van der Waals surface area contributed by atoms with Crippen LogP contribution in [0.4, 0.5) is 0 Å². The Hall–Kier alpha value is 0.01000. The Labute approximate surface area is 102 Å². The van der Waals surface area contributed by atoms with Gasteiger partial charge in [-0.3, -0.25) is 0 Å². The number of thioether (sulfide) groups is 1. The van der Waals surface area contributed by atoms with Crippen molar-refractivity contribution in [3.05, 3.63) is 21.9 Å². The fraction of sp³-hybridized carbons (Fsp3) is 0.667. The minimum atomic E-state index is 0.522. The summed E-state index contributed by atoms with van der Waals surface area (Å²) in [6, 6.07) is 2.78. The van der Waals surface area contributed by atoms with E-state index < -0.39 is 0 Å². The molecule has 1 aromatic heterocycles. The molecule has 0 aliphatic carbocycles. The van der Waals surface area contributed by atoms with Gasteiger partial charge in [-0.15, -0.1) is 11.3 Å². The third-order valence-corrected chi connectivity index (χ3v) is 4.37. The van der Waals surface area contributed by atoms with Crippen molar-refractivity contribution in [2.75, 3.05) is 12.3 Å². The van der Waals surface area contributed by atoms with Crippen LogP contribution in [0.2, 0.25) is 0 Å². The Morgan fingerprint density at radius 3 is 2.67 bits per heavy atom. The van der Waals surface area contributed by atoms with Crippen LogP contribution < -0.4 is 5.32 Å². The van der Waals surface area contributed by atoms with Crippen molar-refractivity contribution in [1.29, 1.82) is 0 Å². The zero-order valence-corrected chi connectivity index (χ0v) is 11.7. The monoisotopic (exact) mass is 243 g/mol. The smallest absolute Gasteiger partial charge is 0.0422 e. The summed E-state index contributed by atoms with van der Waals surface area (Å²) in [6.45, 7) is 9.94. The Balaban J connectivity index is 2.61. The van der Waals surface area contributed by atoms with Gasteiger partial charge in [0.2, 0.25) is 0 Å². The SMILES string of the molecule is CCNC(CSC(C)C)c1ccsc1C. The Bertz CT molecular complexity index is 281. The first-order valence-corrected chi connectivity index (χ1v) is 7.47. The van der Waals surface area contributed by atoms with Crippen molar-refractivity contribution < 1.29 is 0 Å². The maximum absolute atomic E-state index is 3.57. The molecule has 0 aliphatic heterocycles. The van der Waals surface area contributed by atoms with E-state index in [1.54, 1.807) is 0 Å². The van der Waals surface area contributed by atoms with Crippen molar-refractivity contribution in [1.82, 2.24) is 5.32 Å². The van der Waals surface area contributed by atoms with Crippen LogP contribution in [0.25, 0.3) is 0 Å². The molecule has 1 rings (SSSR count). The average Bonchev–Trinajstić information content (AvgIpc) is 2.59. The van der Waals surface area contributed by atoms with E-state index in [1.807, 2.05) is 23.1 Å². The molecule has 15 heavy (non-hydrogen) atoms. The van der Waals surface area contributed by atoms with Crippen molar-refractivity contribution in [2.45, 2.75) is 39.0 Å². The van der Waals surface area contributed by atoms with Crippen LogP contribution in [0, 0.1) is 6.92 Å². The van der Waals surface area contributed by atoms with Gasteiger partial charge in [-0.25, -0.2) is 0 Å². The summed E-state index contributed by atoms with van der Waals surface area (Å²) in [5.74, 6) is 1.17.